The smallest absolute Gasteiger partial charge is 0.326 e. The number of carbonyl (C=O) groups is 1. The minimum absolute atomic E-state index is 0.0280. The number of carboxylic acid groups (broad SMARTS) is 1. The average molecular weight is 729 g/mol. The number of carboxylic acids is 1. The maximum Gasteiger partial charge on any atom is 0.326 e. The van der Waals surface area contributed by atoms with Crippen LogP contribution in [0.2, 0.25) is 5.02 Å². The molecule has 3 aromatic rings. The predicted molar refractivity (Wildman–Crippen MR) is 201 cm³/mol. The van der Waals surface area contributed by atoms with Crippen LogP contribution in [0.3, 0.4) is 0 Å². The van der Waals surface area contributed by atoms with Crippen LogP contribution in [0.15, 0.2) is 79.2 Å². The van der Waals surface area contributed by atoms with Crippen molar-refractivity contribution in [2.75, 3.05) is 39.5 Å². The van der Waals surface area contributed by atoms with Gasteiger partial charge in [0.05, 0.1) is 17.2 Å². The van der Waals surface area contributed by atoms with Crippen molar-refractivity contribution in [2.24, 2.45) is 5.41 Å². The number of nitrogens with one attached hydrogen (secondary N) is 1. The highest BCUT2D eigenvalue weighted by Crippen LogP contribution is 2.49. The van der Waals surface area contributed by atoms with E-state index in [9.17, 15) is 20.3 Å². The number of allylic oxidation sites excluding steroid dienone is 2. The minimum Gasteiger partial charge on any atom is -0.488 e. The molecule has 2 aliphatic rings. The monoisotopic (exact) mass is 728 g/mol. The molecule has 2 atom stereocenters. The number of aliphatic carboxylic acids is 1. The van der Waals surface area contributed by atoms with Gasteiger partial charge in [0.2, 0.25) is 0 Å². The van der Waals surface area contributed by atoms with Crippen LogP contribution in [0.1, 0.15) is 68.7 Å². The molecule has 0 amide bonds. The first-order valence-electron chi connectivity index (χ1n) is 17.8. The Hall–Kier alpha value is -4.24. The van der Waals surface area contributed by atoms with E-state index in [4.69, 9.17) is 25.8 Å². The summed E-state index contributed by atoms with van der Waals surface area (Å²) in [5.41, 5.74) is 0.911. The maximum absolute atomic E-state index is 11.9. The highest BCUT2D eigenvalue weighted by Gasteiger charge is 2.49. The summed E-state index contributed by atoms with van der Waals surface area (Å²) in [6.45, 7) is 9.18. The molecule has 1 aromatic heterocycles. The summed E-state index contributed by atoms with van der Waals surface area (Å²) in [7, 11) is 0. The van der Waals surface area contributed by atoms with Gasteiger partial charge in [0, 0.05) is 54.7 Å². The van der Waals surface area contributed by atoms with E-state index in [1.54, 1.807) is 24.4 Å². The van der Waals surface area contributed by atoms with Crippen LogP contribution in [0.25, 0.3) is 5.57 Å². The maximum atomic E-state index is 11.9. The van der Waals surface area contributed by atoms with Crippen molar-refractivity contribution in [2.45, 2.75) is 70.7 Å². The topological polar surface area (TPSA) is 137 Å². The summed E-state index contributed by atoms with van der Waals surface area (Å²) < 4.78 is 19.8. The molecule has 1 aliphatic heterocycles. The first-order valence-corrected chi connectivity index (χ1v) is 18.2. The fourth-order valence-corrected chi connectivity index (χ4v) is 6.91. The van der Waals surface area contributed by atoms with Gasteiger partial charge in [0.1, 0.15) is 41.9 Å². The van der Waals surface area contributed by atoms with Gasteiger partial charge in [-0.15, -0.1) is 0 Å². The number of hydrogen-bond acceptors (Lipinski definition) is 9. The highest BCUT2D eigenvalue weighted by atomic mass is 35.5. The molecule has 52 heavy (non-hydrogen) atoms. The molecule has 276 valence electrons. The molecule has 2 heterocycles. The zero-order valence-corrected chi connectivity index (χ0v) is 31.0. The number of hydrogen-bond donors (Lipinski definition) is 3. The van der Waals surface area contributed by atoms with Gasteiger partial charge in [0.25, 0.3) is 0 Å². The second-order valence-corrected chi connectivity index (χ2v) is 14.6. The normalized spacial score (nSPS) is 19.7. The van der Waals surface area contributed by atoms with Crippen LogP contribution in [0.4, 0.5) is 0 Å². The third-order valence-corrected chi connectivity index (χ3v) is 10.5. The van der Waals surface area contributed by atoms with Gasteiger partial charge in [-0.05, 0) is 68.6 Å². The van der Waals surface area contributed by atoms with Crippen molar-refractivity contribution >= 4 is 23.1 Å². The number of rotatable bonds is 17. The molecule has 0 radical (unpaired) electrons. The molecule has 0 spiro atoms. The first kappa shape index (κ1) is 39.0. The van der Waals surface area contributed by atoms with Crippen LogP contribution >= 0.6 is 11.6 Å². The lowest BCUT2D eigenvalue weighted by atomic mass is 9.65. The number of piperidine rings is 1. The van der Waals surface area contributed by atoms with Crippen molar-refractivity contribution < 1.29 is 29.2 Å². The number of pyridine rings is 1. The summed E-state index contributed by atoms with van der Waals surface area (Å²) in [5, 5.41) is 32.1. The molecule has 3 N–H and O–H groups in total. The third-order valence-electron chi connectivity index (χ3n) is 10.2. The van der Waals surface area contributed by atoms with E-state index in [0.717, 1.165) is 37.2 Å². The Morgan fingerprint density at radius 2 is 1.87 bits per heavy atom. The van der Waals surface area contributed by atoms with Crippen molar-refractivity contribution in [1.29, 1.82) is 5.26 Å². The van der Waals surface area contributed by atoms with E-state index in [0.29, 0.717) is 39.8 Å². The fourth-order valence-electron chi connectivity index (χ4n) is 6.67. The van der Waals surface area contributed by atoms with Crippen LogP contribution in [-0.2, 0) is 22.7 Å². The molecule has 11 heteroatoms. The first-order chi connectivity index (χ1) is 25.0. The molecule has 10 nitrogen and oxygen atoms in total. The zero-order valence-electron chi connectivity index (χ0n) is 30.2. The second-order valence-electron chi connectivity index (χ2n) is 14.2. The van der Waals surface area contributed by atoms with Crippen molar-refractivity contribution in [3.8, 4) is 17.6 Å². The molecular formula is C41H49ClN4O6. The molecule has 0 bridgehead atoms. The van der Waals surface area contributed by atoms with Crippen molar-refractivity contribution in [3.05, 3.63) is 106 Å². The number of aromatic nitrogens is 1. The summed E-state index contributed by atoms with van der Waals surface area (Å²) in [5.74, 6) is -0.445. The quantitative estimate of drug-likeness (QED) is 0.127. The van der Waals surface area contributed by atoms with Gasteiger partial charge in [-0.1, -0.05) is 74.4 Å². The fraction of sp³-hybridized carbons (Fsp3) is 0.439. The number of nitrogens with zero attached hydrogens (tertiary/aromatic N) is 3. The number of halogens is 1. The Morgan fingerprint density at radius 3 is 2.58 bits per heavy atom. The Kier molecular flexibility index (Phi) is 13.1. The Bertz CT molecular complexity index is 1790. The molecule has 1 aliphatic carbocycles. The molecule has 1 saturated heterocycles. The van der Waals surface area contributed by atoms with Gasteiger partial charge < -0.3 is 29.3 Å². The van der Waals surface area contributed by atoms with E-state index in [-0.39, 0.29) is 19.8 Å². The van der Waals surface area contributed by atoms with Crippen LogP contribution in [-0.4, -0.2) is 76.7 Å². The molecule has 5 rings (SSSR count). The molecule has 2 aromatic carbocycles. The molecular weight excluding hydrogens is 680 g/mol. The van der Waals surface area contributed by atoms with E-state index in [1.807, 2.05) is 24.3 Å². The number of likely N-dealkylation sites (tertiary alicyclic amines) is 1. The number of aliphatic hydroxyl groups excluding tert-OH is 1. The minimum atomic E-state index is -1.59. The Labute approximate surface area is 311 Å². The lowest BCUT2D eigenvalue weighted by molar-refractivity contribution is -0.145. The number of benzene rings is 2. The lowest BCUT2D eigenvalue weighted by Gasteiger charge is -2.47. The van der Waals surface area contributed by atoms with E-state index in [2.05, 4.69) is 59.4 Å². The predicted octanol–water partition coefficient (Wildman–Crippen LogP) is 6.80. The second kappa shape index (κ2) is 17.5. The van der Waals surface area contributed by atoms with Gasteiger partial charge in [-0.3, -0.25) is 15.1 Å². The number of ether oxygens (including phenoxy) is 3. The van der Waals surface area contributed by atoms with Crippen molar-refractivity contribution in [1.82, 2.24) is 15.2 Å². The van der Waals surface area contributed by atoms with E-state index in [1.165, 1.54) is 32.4 Å². The van der Waals surface area contributed by atoms with Gasteiger partial charge >= 0.3 is 5.97 Å². The SMILES string of the molecule is CC(CO)(NCc1cc(Cl)c(OCC2(OCCCN3CCCCC3)C=CC=C(c3ccccc3)C2(C)C)cc1OCc1cncc(C#N)c1)C(=O)O. The lowest BCUT2D eigenvalue weighted by Crippen LogP contribution is -2.52. The van der Waals surface area contributed by atoms with Crippen LogP contribution in [0.5, 0.6) is 11.5 Å². The van der Waals surface area contributed by atoms with Crippen LogP contribution in [0, 0.1) is 16.7 Å². The van der Waals surface area contributed by atoms with Gasteiger partial charge in [0.15, 0.2) is 0 Å². The zero-order chi connectivity index (χ0) is 37.2. The largest absolute Gasteiger partial charge is 0.488 e. The van der Waals surface area contributed by atoms with E-state index >= 15 is 0 Å². The average Bonchev–Trinajstić information content (AvgIpc) is 3.16. The molecule has 2 unspecified atom stereocenters. The third kappa shape index (κ3) is 9.21. The number of nitriles is 1. The summed E-state index contributed by atoms with van der Waals surface area (Å²) >= 11 is 6.88. The van der Waals surface area contributed by atoms with Gasteiger partial charge in [-0.25, -0.2) is 0 Å². The van der Waals surface area contributed by atoms with E-state index < -0.39 is 29.1 Å². The standard InChI is InChI=1S/C41H49ClN4O6/c1-39(2)34(32-12-6-4-7-13-32)14-10-15-41(39,52-19-11-18-46-16-8-5-9-17-46)29-51-37-22-36(50-27-31-20-30(23-43)24-44-25-31)33(21-35(37)42)26-45-40(3,28-47)38(48)49/h4,6-7,10,12-15,20-22,24-25,45,47H,5,8-9,11,16-19,26-29H2,1-3H3,(H,48,49). The number of aliphatic hydroxyl groups is 1. The summed E-state index contributed by atoms with van der Waals surface area (Å²) in [6.07, 6.45) is 14.0. The highest BCUT2D eigenvalue weighted by molar-refractivity contribution is 6.32. The Balaban J connectivity index is 1.42. The molecule has 1 fully saturated rings. The molecule has 0 saturated carbocycles. The Morgan fingerprint density at radius 1 is 1.10 bits per heavy atom. The van der Waals surface area contributed by atoms with Gasteiger partial charge in [-0.2, -0.15) is 5.26 Å². The van der Waals surface area contributed by atoms with Crippen LogP contribution < -0.4 is 14.8 Å². The van der Waals surface area contributed by atoms with Crippen molar-refractivity contribution in [3.63, 3.8) is 0 Å². The summed E-state index contributed by atoms with van der Waals surface area (Å²) in [6, 6.07) is 17.4. The summed E-state index contributed by atoms with van der Waals surface area (Å²) in [4.78, 5) is 18.5.